The molecule has 0 saturated heterocycles. The summed E-state index contributed by atoms with van der Waals surface area (Å²) in [5.41, 5.74) is 1.28. The minimum absolute atomic E-state index is 0.505. The van der Waals surface area contributed by atoms with Gasteiger partial charge in [0.2, 0.25) is 0 Å². The third-order valence-corrected chi connectivity index (χ3v) is 2.42. The second-order valence-electron chi connectivity index (χ2n) is 2.66. The highest BCUT2D eigenvalue weighted by molar-refractivity contribution is 7.69. The van der Waals surface area contributed by atoms with Crippen molar-refractivity contribution >= 4 is 12.6 Å². The Morgan fingerprint density at radius 2 is 2.20 bits per heavy atom. The number of aromatic nitrogens is 1. The molecule has 0 unspecified atom stereocenters. The first kappa shape index (κ1) is 7.55. The molecule has 1 rings (SSSR count). The van der Waals surface area contributed by atoms with E-state index in [0.29, 0.717) is 5.50 Å². The molecule has 0 bridgehead atoms. The molecule has 0 amide bonds. The van der Waals surface area contributed by atoms with E-state index in [1.165, 1.54) is 0 Å². The summed E-state index contributed by atoms with van der Waals surface area (Å²) in [4.78, 5) is 0. The van der Waals surface area contributed by atoms with Gasteiger partial charge in [0.1, 0.15) is 7.14 Å². The summed E-state index contributed by atoms with van der Waals surface area (Å²) in [7, 11) is -2.23. The topological polar surface area (TPSA) is 43.1 Å². The zero-order chi connectivity index (χ0) is 7.78. The lowest BCUT2D eigenvalue weighted by Gasteiger charge is -1.96. The fourth-order valence-corrected chi connectivity index (χ4v) is 1.34. The SMILES string of the molecule is Cc1cc(P(C)(C)=O)on1. The highest BCUT2D eigenvalue weighted by Crippen LogP contribution is 2.34. The van der Waals surface area contributed by atoms with Crippen molar-refractivity contribution in [2.75, 3.05) is 13.3 Å². The number of rotatable bonds is 1. The lowest BCUT2D eigenvalue weighted by atomic mass is 10.5. The standard InChI is InChI=1S/C6H10NO2P/c1-5-4-6(9-7-5)10(2,3)8/h4H,1-3H3. The highest BCUT2D eigenvalue weighted by Gasteiger charge is 2.15. The van der Waals surface area contributed by atoms with Crippen LogP contribution < -0.4 is 5.50 Å². The van der Waals surface area contributed by atoms with Crippen LogP contribution in [0.4, 0.5) is 0 Å². The van der Waals surface area contributed by atoms with E-state index in [1.807, 2.05) is 6.92 Å². The molecule has 1 aromatic heterocycles. The number of aryl methyl sites for hydroxylation is 1. The van der Waals surface area contributed by atoms with Gasteiger partial charge in [0, 0.05) is 6.07 Å². The van der Waals surface area contributed by atoms with Crippen LogP contribution in [-0.2, 0) is 4.57 Å². The van der Waals surface area contributed by atoms with Crippen LogP contribution in [0.15, 0.2) is 10.6 Å². The van der Waals surface area contributed by atoms with Crippen LogP contribution in [0.3, 0.4) is 0 Å². The Kier molecular flexibility index (Phi) is 1.69. The lowest BCUT2D eigenvalue weighted by molar-refractivity contribution is 0.436. The van der Waals surface area contributed by atoms with Gasteiger partial charge in [-0.05, 0) is 20.3 Å². The molecule has 0 N–H and O–H groups in total. The molecule has 0 fully saturated rings. The van der Waals surface area contributed by atoms with Gasteiger partial charge in [0.15, 0.2) is 5.50 Å². The molecule has 3 nitrogen and oxygen atoms in total. The van der Waals surface area contributed by atoms with Crippen LogP contribution in [0.5, 0.6) is 0 Å². The zero-order valence-corrected chi connectivity index (χ0v) is 7.18. The normalized spacial score (nSPS) is 11.9. The molecule has 1 aromatic rings. The summed E-state index contributed by atoms with van der Waals surface area (Å²) in [5, 5.41) is 3.64. The summed E-state index contributed by atoms with van der Waals surface area (Å²) in [6.07, 6.45) is 0. The Balaban J connectivity index is 3.08. The largest absolute Gasteiger partial charge is 0.353 e. The average Bonchev–Trinajstić information content (AvgIpc) is 2.11. The van der Waals surface area contributed by atoms with Crippen molar-refractivity contribution in [1.82, 2.24) is 5.16 Å². The van der Waals surface area contributed by atoms with Gasteiger partial charge in [-0.15, -0.1) is 0 Å². The monoisotopic (exact) mass is 159 g/mol. The molecule has 0 aliphatic heterocycles. The maximum absolute atomic E-state index is 11.3. The fourth-order valence-electron chi connectivity index (χ4n) is 0.604. The van der Waals surface area contributed by atoms with Crippen molar-refractivity contribution in [3.63, 3.8) is 0 Å². The van der Waals surface area contributed by atoms with Crippen LogP contribution in [0.25, 0.3) is 0 Å². The van der Waals surface area contributed by atoms with Crippen molar-refractivity contribution in [3.05, 3.63) is 11.8 Å². The molecule has 0 spiro atoms. The quantitative estimate of drug-likeness (QED) is 0.579. The zero-order valence-electron chi connectivity index (χ0n) is 6.29. The van der Waals surface area contributed by atoms with Crippen LogP contribution >= 0.6 is 7.14 Å². The predicted octanol–water partition coefficient (Wildman–Crippen LogP) is 1.23. The highest BCUT2D eigenvalue weighted by atomic mass is 31.2. The minimum Gasteiger partial charge on any atom is -0.353 e. The van der Waals surface area contributed by atoms with Gasteiger partial charge in [-0.2, -0.15) is 0 Å². The van der Waals surface area contributed by atoms with Crippen molar-refractivity contribution in [3.8, 4) is 0 Å². The van der Waals surface area contributed by atoms with Crippen LogP contribution in [0, 0.1) is 6.92 Å². The van der Waals surface area contributed by atoms with E-state index in [2.05, 4.69) is 5.16 Å². The third-order valence-electron chi connectivity index (χ3n) is 1.15. The van der Waals surface area contributed by atoms with Crippen molar-refractivity contribution < 1.29 is 9.09 Å². The number of nitrogens with zero attached hydrogens (tertiary/aromatic N) is 1. The number of hydrogen-bond acceptors (Lipinski definition) is 3. The summed E-state index contributed by atoms with van der Waals surface area (Å²) in [6, 6.07) is 1.71. The molecule has 0 aliphatic rings. The third kappa shape index (κ3) is 1.48. The van der Waals surface area contributed by atoms with E-state index in [9.17, 15) is 4.57 Å². The maximum Gasteiger partial charge on any atom is 0.195 e. The molecule has 0 radical (unpaired) electrons. The van der Waals surface area contributed by atoms with Gasteiger partial charge in [-0.25, -0.2) is 0 Å². The molecular formula is C6H10NO2P. The molecular weight excluding hydrogens is 149 g/mol. The summed E-state index contributed by atoms with van der Waals surface area (Å²) >= 11 is 0. The second kappa shape index (κ2) is 2.24. The Morgan fingerprint density at radius 1 is 1.60 bits per heavy atom. The minimum atomic E-state index is -2.23. The van der Waals surface area contributed by atoms with Gasteiger partial charge in [-0.3, -0.25) is 0 Å². The molecule has 4 heteroatoms. The van der Waals surface area contributed by atoms with Crippen molar-refractivity contribution in [2.24, 2.45) is 0 Å². The van der Waals surface area contributed by atoms with Crippen LogP contribution in [0.2, 0.25) is 0 Å². The number of hydrogen-bond donors (Lipinski definition) is 0. The van der Waals surface area contributed by atoms with Gasteiger partial charge in [0.25, 0.3) is 0 Å². The van der Waals surface area contributed by atoms with Crippen LogP contribution in [-0.4, -0.2) is 18.5 Å². The molecule has 10 heavy (non-hydrogen) atoms. The van der Waals surface area contributed by atoms with E-state index in [0.717, 1.165) is 5.69 Å². The molecule has 0 atom stereocenters. The maximum atomic E-state index is 11.3. The van der Waals surface area contributed by atoms with Gasteiger partial charge in [-0.1, -0.05) is 5.16 Å². The van der Waals surface area contributed by atoms with Gasteiger partial charge in [0.05, 0.1) is 5.69 Å². The molecule has 56 valence electrons. The molecule has 0 saturated carbocycles. The van der Waals surface area contributed by atoms with E-state index < -0.39 is 7.14 Å². The molecule has 0 aromatic carbocycles. The van der Waals surface area contributed by atoms with E-state index in [4.69, 9.17) is 4.52 Å². The summed E-state index contributed by atoms with van der Waals surface area (Å²) < 4.78 is 16.1. The first-order chi connectivity index (χ1) is 4.50. The average molecular weight is 159 g/mol. The van der Waals surface area contributed by atoms with Crippen LogP contribution in [0.1, 0.15) is 5.69 Å². The molecule has 0 aliphatic carbocycles. The van der Waals surface area contributed by atoms with E-state index in [1.54, 1.807) is 19.4 Å². The fraction of sp³-hybridized carbons (Fsp3) is 0.500. The first-order valence-electron chi connectivity index (χ1n) is 2.99. The summed E-state index contributed by atoms with van der Waals surface area (Å²) in [5.74, 6) is 0. The Hall–Kier alpha value is -0.560. The van der Waals surface area contributed by atoms with Gasteiger partial charge < -0.3 is 9.09 Å². The lowest BCUT2D eigenvalue weighted by Crippen LogP contribution is -1.97. The van der Waals surface area contributed by atoms with Gasteiger partial charge >= 0.3 is 0 Å². The smallest absolute Gasteiger partial charge is 0.195 e. The van der Waals surface area contributed by atoms with E-state index >= 15 is 0 Å². The Bertz CT molecular complexity index is 273. The van der Waals surface area contributed by atoms with Crippen molar-refractivity contribution in [2.45, 2.75) is 6.92 Å². The Morgan fingerprint density at radius 3 is 2.40 bits per heavy atom. The van der Waals surface area contributed by atoms with E-state index in [-0.39, 0.29) is 0 Å². The second-order valence-corrected chi connectivity index (χ2v) is 5.80. The van der Waals surface area contributed by atoms with Crippen molar-refractivity contribution in [1.29, 1.82) is 0 Å². The predicted molar refractivity (Wildman–Crippen MR) is 40.3 cm³/mol. The Labute approximate surface area is 59.8 Å². The first-order valence-corrected chi connectivity index (χ1v) is 5.59. The molecule has 1 heterocycles. The summed E-state index contributed by atoms with van der Waals surface area (Å²) in [6.45, 7) is 5.13.